The van der Waals surface area contributed by atoms with Gasteiger partial charge in [0.2, 0.25) is 0 Å². The van der Waals surface area contributed by atoms with Gasteiger partial charge in [0.15, 0.2) is 0 Å². The van der Waals surface area contributed by atoms with Crippen LogP contribution in [-0.4, -0.2) is 6.54 Å². The maximum Gasteiger partial charge on any atom is 0.0412 e. The second kappa shape index (κ2) is 6.94. The molecule has 1 nitrogen and oxygen atoms in total. The Kier molecular flexibility index (Phi) is 5.24. The van der Waals surface area contributed by atoms with E-state index in [1.807, 2.05) is 42.5 Å². The summed E-state index contributed by atoms with van der Waals surface area (Å²) in [6, 6.07) is 14.0. The van der Waals surface area contributed by atoms with Gasteiger partial charge in [-0.25, -0.2) is 0 Å². The van der Waals surface area contributed by atoms with Gasteiger partial charge in [-0.3, -0.25) is 0 Å². The summed E-state index contributed by atoms with van der Waals surface area (Å²) in [7, 11) is 0. The predicted molar refractivity (Wildman–Crippen MR) is 88.5 cm³/mol. The summed E-state index contributed by atoms with van der Waals surface area (Å²) >= 11 is 12.2. The van der Waals surface area contributed by atoms with Crippen LogP contribution in [0.4, 0.5) is 0 Å². The maximum atomic E-state index is 6.15. The van der Waals surface area contributed by atoms with E-state index in [9.17, 15) is 0 Å². The molecular formula is C17H17Cl2N. The molecule has 0 saturated carbocycles. The predicted octanol–water partition coefficient (Wildman–Crippen LogP) is 5.50. The zero-order chi connectivity index (χ0) is 14.5. The highest BCUT2D eigenvalue weighted by Crippen LogP contribution is 2.32. The van der Waals surface area contributed by atoms with Crippen molar-refractivity contribution >= 4 is 23.2 Å². The maximum absolute atomic E-state index is 6.15. The molecule has 1 N–H and O–H groups in total. The Bertz CT molecular complexity index is 608. The zero-order valence-corrected chi connectivity index (χ0v) is 12.9. The first-order valence-corrected chi connectivity index (χ1v) is 7.27. The van der Waals surface area contributed by atoms with Crippen LogP contribution in [0.3, 0.4) is 0 Å². The van der Waals surface area contributed by atoms with Crippen molar-refractivity contribution in [1.82, 2.24) is 5.32 Å². The molecule has 1 atom stereocenters. The molecule has 0 aliphatic rings. The van der Waals surface area contributed by atoms with E-state index in [2.05, 4.69) is 24.9 Å². The fraction of sp³-hybridized carbons (Fsp3) is 0.176. The van der Waals surface area contributed by atoms with Gasteiger partial charge in [-0.1, -0.05) is 47.5 Å². The lowest BCUT2D eigenvalue weighted by Crippen LogP contribution is -2.19. The number of nitrogens with one attached hydrogen (secondary N) is 1. The Morgan fingerprint density at radius 3 is 2.60 bits per heavy atom. The average molecular weight is 306 g/mol. The van der Waals surface area contributed by atoms with Crippen LogP contribution >= 0.6 is 23.2 Å². The average Bonchev–Trinajstić information content (AvgIpc) is 2.44. The van der Waals surface area contributed by atoms with E-state index in [1.165, 1.54) is 5.56 Å². The van der Waals surface area contributed by atoms with E-state index < -0.39 is 0 Å². The third kappa shape index (κ3) is 3.63. The fourth-order valence-electron chi connectivity index (χ4n) is 2.18. The highest BCUT2D eigenvalue weighted by Gasteiger charge is 2.12. The van der Waals surface area contributed by atoms with E-state index >= 15 is 0 Å². The Hall–Kier alpha value is -1.28. The second-order valence-electron chi connectivity index (χ2n) is 4.66. The van der Waals surface area contributed by atoms with Crippen molar-refractivity contribution in [2.75, 3.05) is 6.54 Å². The quantitative estimate of drug-likeness (QED) is 0.719. The molecule has 0 amide bonds. The third-order valence-electron chi connectivity index (χ3n) is 3.19. The summed E-state index contributed by atoms with van der Waals surface area (Å²) in [4.78, 5) is 0. The van der Waals surface area contributed by atoms with Crippen molar-refractivity contribution in [3.05, 3.63) is 70.7 Å². The van der Waals surface area contributed by atoms with Crippen LogP contribution in [0.5, 0.6) is 0 Å². The SMILES string of the molecule is C=CCNC(C)c1ccc(Cl)cc1-c1cccc(Cl)c1. The normalized spacial score (nSPS) is 12.2. The molecule has 1 unspecified atom stereocenters. The van der Waals surface area contributed by atoms with Gasteiger partial charge in [0.05, 0.1) is 0 Å². The summed E-state index contributed by atoms with van der Waals surface area (Å²) in [5.41, 5.74) is 3.37. The van der Waals surface area contributed by atoms with Gasteiger partial charge >= 0.3 is 0 Å². The van der Waals surface area contributed by atoms with Crippen molar-refractivity contribution in [3.8, 4) is 11.1 Å². The number of hydrogen-bond acceptors (Lipinski definition) is 1. The number of rotatable bonds is 5. The molecule has 2 aromatic rings. The smallest absolute Gasteiger partial charge is 0.0412 e. The highest BCUT2D eigenvalue weighted by molar-refractivity contribution is 6.31. The summed E-state index contributed by atoms with van der Waals surface area (Å²) in [5, 5.41) is 4.84. The molecule has 0 aliphatic carbocycles. The Balaban J connectivity index is 2.45. The first-order valence-electron chi connectivity index (χ1n) is 6.51. The molecule has 2 rings (SSSR count). The molecular weight excluding hydrogens is 289 g/mol. The van der Waals surface area contributed by atoms with Gasteiger partial charge in [0.25, 0.3) is 0 Å². The molecule has 104 valence electrons. The number of hydrogen-bond donors (Lipinski definition) is 1. The molecule has 2 aromatic carbocycles. The Morgan fingerprint density at radius 1 is 1.15 bits per heavy atom. The standard InChI is InChI=1S/C17H17Cl2N/c1-3-9-20-12(2)16-8-7-15(19)11-17(16)13-5-4-6-14(18)10-13/h3-8,10-12,20H,1,9H2,2H3. The van der Waals surface area contributed by atoms with E-state index in [4.69, 9.17) is 23.2 Å². The first kappa shape index (κ1) is 15.1. The minimum absolute atomic E-state index is 0.208. The van der Waals surface area contributed by atoms with E-state index in [0.717, 1.165) is 27.7 Å². The van der Waals surface area contributed by atoms with Gasteiger partial charge in [0.1, 0.15) is 0 Å². The molecule has 0 heterocycles. The zero-order valence-electron chi connectivity index (χ0n) is 11.4. The van der Waals surface area contributed by atoms with Crippen LogP contribution in [0.25, 0.3) is 11.1 Å². The summed E-state index contributed by atoms with van der Waals surface area (Å²) < 4.78 is 0. The van der Waals surface area contributed by atoms with Crippen molar-refractivity contribution in [2.24, 2.45) is 0 Å². The highest BCUT2D eigenvalue weighted by atomic mass is 35.5. The van der Waals surface area contributed by atoms with Crippen molar-refractivity contribution in [1.29, 1.82) is 0 Å². The first-order chi connectivity index (χ1) is 9.61. The van der Waals surface area contributed by atoms with Crippen LogP contribution in [0, 0.1) is 0 Å². The molecule has 0 bridgehead atoms. The molecule has 0 radical (unpaired) electrons. The summed E-state index contributed by atoms with van der Waals surface area (Å²) in [6.07, 6.45) is 1.85. The van der Waals surface area contributed by atoms with E-state index in [0.29, 0.717) is 0 Å². The Labute approximate surface area is 130 Å². The lowest BCUT2D eigenvalue weighted by atomic mass is 9.95. The van der Waals surface area contributed by atoms with Gasteiger partial charge in [-0.2, -0.15) is 0 Å². The fourth-order valence-corrected chi connectivity index (χ4v) is 2.54. The van der Waals surface area contributed by atoms with Crippen molar-refractivity contribution in [3.63, 3.8) is 0 Å². The lowest BCUT2D eigenvalue weighted by molar-refractivity contribution is 0.619. The van der Waals surface area contributed by atoms with Crippen molar-refractivity contribution < 1.29 is 0 Å². The molecule has 3 heteroatoms. The molecule has 0 aromatic heterocycles. The van der Waals surface area contributed by atoms with Crippen LogP contribution in [0.15, 0.2) is 55.1 Å². The second-order valence-corrected chi connectivity index (χ2v) is 5.53. The largest absolute Gasteiger partial charge is 0.307 e. The van der Waals surface area contributed by atoms with Gasteiger partial charge in [-0.15, -0.1) is 6.58 Å². The molecule has 20 heavy (non-hydrogen) atoms. The minimum Gasteiger partial charge on any atom is -0.307 e. The van der Waals surface area contributed by atoms with E-state index in [1.54, 1.807) is 0 Å². The van der Waals surface area contributed by atoms with Crippen LogP contribution in [-0.2, 0) is 0 Å². The summed E-state index contributed by atoms with van der Waals surface area (Å²) in [5.74, 6) is 0. The number of halogens is 2. The molecule has 0 aliphatic heterocycles. The van der Waals surface area contributed by atoms with E-state index in [-0.39, 0.29) is 6.04 Å². The minimum atomic E-state index is 0.208. The van der Waals surface area contributed by atoms with Crippen LogP contribution in [0.2, 0.25) is 10.0 Å². The van der Waals surface area contributed by atoms with Gasteiger partial charge < -0.3 is 5.32 Å². The molecule has 0 spiro atoms. The van der Waals surface area contributed by atoms with Gasteiger partial charge in [0, 0.05) is 22.6 Å². The lowest BCUT2D eigenvalue weighted by Gasteiger charge is -2.18. The third-order valence-corrected chi connectivity index (χ3v) is 3.66. The van der Waals surface area contributed by atoms with Gasteiger partial charge in [-0.05, 0) is 47.9 Å². The van der Waals surface area contributed by atoms with Crippen LogP contribution in [0.1, 0.15) is 18.5 Å². The topological polar surface area (TPSA) is 12.0 Å². The number of benzene rings is 2. The summed E-state index contributed by atoms with van der Waals surface area (Å²) in [6.45, 7) is 6.62. The van der Waals surface area contributed by atoms with Crippen LogP contribution < -0.4 is 5.32 Å². The molecule has 0 saturated heterocycles. The molecule has 0 fully saturated rings. The monoisotopic (exact) mass is 305 g/mol. The Morgan fingerprint density at radius 2 is 1.90 bits per heavy atom. The van der Waals surface area contributed by atoms with Crippen molar-refractivity contribution in [2.45, 2.75) is 13.0 Å².